The normalized spacial score (nSPS) is 11.0. The molecule has 0 unspecified atom stereocenters. The van der Waals surface area contributed by atoms with E-state index in [2.05, 4.69) is 30.7 Å². The maximum atomic E-state index is 12.3. The van der Waals surface area contributed by atoms with Crippen molar-refractivity contribution in [1.82, 2.24) is 30.7 Å². The number of hydrogen-bond donors (Lipinski definition) is 3. The molecule has 0 radical (unpaired) electrons. The number of furan rings is 1. The summed E-state index contributed by atoms with van der Waals surface area (Å²) in [4.78, 5) is 16.5. The van der Waals surface area contributed by atoms with Crippen molar-refractivity contribution >= 4 is 16.8 Å². The van der Waals surface area contributed by atoms with Crippen molar-refractivity contribution in [3.05, 3.63) is 54.2 Å². The molecule has 0 spiro atoms. The van der Waals surface area contributed by atoms with E-state index in [1.54, 1.807) is 18.4 Å². The van der Waals surface area contributed by atoms with Gasteiger partial charge in [0.15, 0.2) is 11.5 Å². The third kappa shape index (κ3) is 2.46. The minimum atomic E-state index is -0.279. The van der Waals surface area contributed by atoms with Crippen LogP contribution in [0.4, 0.5) is 0 Å². The quantitative estimate of drug-likeness (QED) is 0.533. The topological polar surface area (TPSA) is 112 Å². The van der Waals surface area contributed by atoms with Crippen LogP contribution < -0.4 is 5.32 Å². The van der Waals surface area contributed by atoms with E-state index in [0.717, 1.165) is 10.9 Å². The van der Waals surface area contributed by atoms with Gasteiger partial charge in [0.2, 0.25) is 5.82 Å². The van der Waals surface area contributed by atoms with Gasteiger partial charge in [-0.1, -0.05) is 18.2 Å². The molecule has 0 aliphatic heterocycles. The number of amides is 1. The molecule has 114 valence electrons. The van der Waals surface area contributed by atoms with Crippen molar-refractivity contribution in [2.45, 2.75) is 6.54 Å². The molecule has 3 aromatic heterocycles. The number of carbonyl (C=O) groups excluding carboxylic acids is 1. The fourth-order valence-electron chi connectivity index (χ4n) is 2.27. The van der Waals surface area contributed by atoms with Gasteiger partial charge in [-0.25, -0.2) is 4.98 Å². The number of para-hydroxylation sites is 1. The summed E-state index contributed by atoms with van der Waals surface area (Å²) in [6.45, 7) is 0.216. The number of nitrogens with one attached hydrogen (secondary N) is 3. The number of aromatic amines is 2. The predicted octanol–water partition coefficient (Wildman–Crippen LogP) is 1.87. The van der Waals surface area contributed by atoms with Gasteiger partial charge in [-0.2, -0.15) is 5.10 Å². The number of benzene rings is 1. The minimum Gasteiger partial charge on any atom is -0.461 e. The van der Waals surface area contributed by atoms with Gasteiger partial charge in [0.1, 0.15) is 5.82 Å². The molecule has 0 aliphatic carbocycles. The van der Waals surface area contributed by atoms with E-state index in [-0.39, 0.29) is 12.5 Å². The number of rotatable bonds is 4. The summed E-state index contributed by atoms with van der Waals surface area (Å²) in [5.74, 6) is 1.27. The first-order chi connectivity index (χ1) is 11.3. The third-order valence-corrected chi connectivity index (χ3v) is 3.38. The molecule has 0 atom stereocenters. The first-order valence-corrected chi connectivity index (χ1v) is 6.98. The second-order valence-electron chi connectivity index (χ2n) is 4.88. The van der Waals surface area contributed by atoms with Crippen LogP contribution in [0.3, 0.4) is 0 Å². The SMILES string of the molecule is O=C(NCc1nc(-c2ccco2)n[nH]1)c1n[nH]c2ccccc12. The molecule has 23 heavy (non-hydrogen) atoms. The maximum Gasteiger partial charge on any atom is 0.272 e. The highest BCUT2D eigenvalue weighted by molar-refractivity contribution is 6.04. The lowest BCUT2D eigenvalue weighted by atomic mass is 10.2. The lowest BCUT2D eigenvalue weighted by Gasteiger charge is -2.00. The van der Waals surface area contributed by atoms with Crippen molar-refractivity contribution in [2.24, 2.45) is 0 Å². The van der Waals surface area contributed by atoms with E-state index in [1.165, 1.54) is 0 Å². The molecule has 0 saturated carbocycles. The van der Waals surface area contributed by atoms with Crippen LogP contribution in [0, 0.1) is 0 Å². The van der Waals surface area contributed by atoms with Gasteiger partial charge in [0.05, 0.1) is 18.3 Å². The average Bonchev–Trinajstić information content (AvgIpc) is 3.31. The minimum absolute atomic E-state index is 0.216. The Kier molecular flexibility index (Phi) is 3.12. The molecule has 4 aromatic rings. The van der Waals surface area contributed by atoms with Gasteiger partial charge in [-0.05, 0) is 18.2 Å². The lowest BCUT2D eigenvalue weighted by Crippen LogP contribution is -2.24. The summed E-state index contributed by atoms with van der Waals surface area (Å²) in [5.41, 5.74) is 1.17. The fourth-order valence-corrected chi connectivity index (χ4v) is 2.27. The lowest BCUT2D eigenvalue weighted by molar-refractivity contribution is 0.0946. The summed E-state index contributed by atoms with van der Waals surface area (Å²) in [5, 5.41) is 17.2. The molecular weight excluding hydrogens is 296 g/mol. The smallest absolute Gasteiger partial charge is 0.272 e. The highest BCUT2D eigenvalue weighted by Gasteiger charge is 2.14. The van der Waals surface area contributed by atoms with E-state index < -0.39 is 0 Å². The molecular formula is C15H12N6O2. The van der Waals surface area contributed by atoms with Gasteiger partial charge in [-0.3, -0.25) is 15.0 Å². The Morgan fingerprint density at radius 2 is 2.04 bits per heavy atom. The molecule has 0 bridgehead atoms. The van der Waals surface area contributed by atoms with Crippen molar-refractivity contribution in [1.29, 1.82) is 0 Å². The van der Waals surface area contributed by atoms with Gasteiger partial charge in [0, 0.05) is 5.39 Å². The largest absolute Gasteiger partial charge is 0.461 e. The monoisotopic (exact) mass is 308 g/mol. The zero-order valence-electron chi connectivity index (χ0n) is 11.9. The first-order valence-electron chi connectivity index (χ1n) is 6.98. The second kappa shape index (κ2) is 5.41. The van der Waals surface area contributed by atoms with Crippen molar-refractivity contribution in [3.8, 4) is 11.6 Å². The Morgan fingerprint density at radius 1 is 1.13 bits per heavy atom. The Hall–Kier alpha value is -3.42. The molecule has 8 nitrogen and oxygen atoms in total. The molecule has 0 aliphatic rings. The highest BCUT2D eigenvalue weighted by atomic mass is 16.3. The third-order valence-electron chi connectivity index (χ3n) is 3.38. The number of carbonyl (C=O) groups is 1. The maximum absolute atomic E-state index is 12.3. The van der Waals surface area contributed by atoms with Gasteiger partial charge >= 0.3 is 0 Å². The van der Waals surface area contributed by atoms with Crippen LogP contribution in [0.25, 0.3) is 22.5 Å². The molecule has 1 amide bonds. The summed E-state index contributed by atoms with van der Waals surface area (Å²) in [7, 11) is 0. The van der Waals surface area contributed by atoms with Crippen molar-refractivity contribution < 1.29 is 9.21 Å². The van der Waals surface area contributed by atoms with Crippen LogP contribution in [0.5, 0.6) is 0 Å². The van der Waals surface area contributed by atoms with Gasteiger partial charge in [0.25, 0.3) is 5.91 Å². The Labute approximate surface area is 129 Å². The van der Waals surface area contributed by atoms with E-state index in [4.69, 9.17) is 4.42 Å². The van der Waals surface area contributed by atoms with Crippen LogP contribution >= 0.6 is 0 Å². The molecule has 3 N–H and O–H groups in total. The number of nitrogens with zero attached hydrogens (tertiary/aromatic N) is 3. The van der Waals surface area contributed by atoms with Crippen LogP contribution in [0.15, 0.2) is 47.1 Å². The number of H-pyrrole nitrogens is 2. The van der Waals surface area contributed by atoms with Crippen molar-refractivity contribution in [3.63, 3.8) is 0 Å². The van der Waals surface area contributed by atoms with Gasteiger partial charge < -0.3 is 9.73 Å². The first kappa shape index (κ1) is 13.3. The number of fused-ring (bicyclic) bond motifs is 1. The van der Waals surface area contributed by atoms with E-state index >= 15 is 0 Å². The highest BCUT2D eigenvalue weighted by Crippen LogP contribution is 2.16. The van der Waals surface area contributed by atoms with Crippen LogP contribution in [-0.4, -0.2) is 31.3 Å². The summed E-state index contributed by atoms with van der Waals surface area (Å²) >= 11 is 0. The molecule has 8 heteroatoms. The number of hydrogen-bond acceptors (Lipinski definition) is 5. The zero-order valence-corrected chi connectivity index (χ0v) is 11.9. The van der Waals surface area contributed by atoms with Gasteiger partial charge in [-0.15, -0.1) is 5.10 Å². The Balaban J connectivity index is 1.48. The molecule has 1 aromatic carbocycles. The molecule has 0 fully saturated rings. The Bertz CT molecular complexity index is 953. The standard InChI is InChI=1S/C15H12N6O2/c22-15(13-9-4-1-2-5-10(9)18-20-13)16-8-12-17-14(21-19-12)11-6-3-7-23-11/h1-7H,8H2,(H,16,22)(H,18,20)(H,17,19,21). The molecule has 3 heterocycles. The molecule has 0 saturated heterocycles. The second-order valence-corrected chi connectivity index (χ2v) is 4.88. The molecule has 4 rings (SSSR count). The Morgan fingerprint density at radius 3 is 2.91 bits per heavy atom. The summed E-state index contributed by atoms with van der Waals surface area (Å²) < 4.78 is 5.22. The fraction of sp³-hybridized carbons (Fsp3) is 0.0667. The van der Waals surface area contributed by atoms with E-state index in [1.807, 2.05) is 24.3 Å². The average molecular weight is 308 g/mol. The summed E-state index contributed by atoms with van der Waals surface area (Å²) in [6, 6.07) is 11.0. The zero-order chi connectivity index (χ0) is 15.6. The van der Waals surface area contributed by atoms with Crippen LogP contribution in [-0.2, 0) is 6.54 Å². The van der Waals surface area contributed by atoms with Crippen LogP contribution in [0.1, 0.15) is 16.3 Å². The summed E-state index contributed by atoms with van der Waals surface area (Å²) in [6.07, 6.45) is 1.55. The van der Waals surface area contributed by atoms with Crippen LogP contribution in [0.2, 0.25) is 0 Å². The van der Waals surface area contributed by atoms with E-state index in [9.17, 15) is 4.79 Å². The predicted molar refractivity (Wildman–Crippen MR) is 81.3 cm³/mol. The van der Waals surface area contributed by atoms with Crippen molar-refractivity contribution in [2.75, 3.05) is 0 Å². The number of aromatic nitrogens is 5. The van der Waals surface area contributed by atoms with E-state index in [0.29, 0.717) is 23.1 Å².